The van der Waals surface area contributed by atoms with Gasteiger partial charge in [0.05, 0.1) is 6.04 Å². The SMILES string of the molecule is CCCNC(c1ccc(CC)cc1)c1cccc(I)c1. The van der Waals surface area contributed by atoms with Gasteiger partial charge >= 0.3 is 0 Å². The van der Waals surface area contributed by atoms with Crippen LogP contribution in [0, 0.1) is 3.57 Å². The van der Waals surface area contributed by atoms with Gasteiger partial charge in [-0.15, -0.1) is 0 Å². The van der Waals surface area contributed by atoms with Crippen LogP contribution in [0.5, 0.6) is 0 Å². The van der Waals surface area contributed by atoms with Gasteiger partial charge in [0.25, 0.3) is 0 Å². The van der Waals surface area contributed by atoms with E-state index < -0.39 is 0 Å². The molecule has 1 atom stereocenters. The van der Waals surface area contributed by atoms with Gasteiger partial charge < -0.3 is 5.32 Å². The van der Waals surface area contributed by atoms with Gasteiger partial charge in [0.2, 0.25) is 0 Å². The standard InChI is InChI=1S/C18H22IN/c1-3-12-20-18(16-6-5-7-17(19)13-16)15-10-8-14(4-2)9-11-15/h5-11,13,18,20H,3-4,12H2,1-2H3. The van der Waals surface area contributed by atoms with Crippen molar-refractivity contribution >= 4 is 22.6 Å². The minimum atomic E-state index is 0.288. The van der Waals surface area contributed by atoms with Crippen LogP contribution in [0.4, 0.5) is 0 Å². The summed E-state index contributed by atoms with van der Waals surface area (Å²) in [7, 11) is 0. The van der Waals surface area contributed by atoms with Crippen LogP contribution in [0.1, 0.15) is 43.0 Å². The number of aryl methyl sites for hydroxylation is 1. The molecule has 0 spiro atoms. The molecular weight excluding hydrogens is 357 g/mol. The first-order chi connectivity index (χ1) is 9.74. The highest BCUT2D eigenvalue weighted by Gasteiger charge is 2.13. The summed E-state index contributed by atoms with van der Waals surface area (Å²) in [6, 6.07) is 18.0. The van der Waals surface area contributed by atoms with Crippen molar-refractivity contribution in [1.29, 1.82) is 0 Å². The summed E-state index contributed by atoms with van der Waals surface area (Å²) in [5, 5.41) is 3.66. The normalized spacial score (nSPS) is 12.3. The highest BCUT2D eigenvalue weighted by atomic mass is 127. The molecule has 0 aromatic heterocycles. The highest BCUT2D eigenvalue weighted by molar-refractivity contribution is 14.1. The van der Waals surface area contributed by atoms with E-state index in [2.05, 4.69) is 90.3 Å². The van der Waals surface area contributed by atoms with Crippen molar-refractivity contribution in [1.82, 2.24) is 5.32 Å². The molecule has 0 saturated heterocycles. The fourth-order valence-corrected chi connectivity index (χ4v) is 2.92. The molecule has 0 fully saturated rings. The van der Waals surface area contributed by atoms with E-state index in [-0.39, 0.29) is 6.04 Å². The zero-order valence-corrected chi connectivity index (χ0v) is 14.4. The van der Waals surface area contributed by atoms with E-state index in [1.807, 2.05) is 0 Å². The van der Waals surface area contributed by atoms with Crippen molar-refractivity contribution in [2.24, 2.45) is 0 Å². The number of hydrogen-bond acceptors (Lipinski definition) is 1. The zero-order valence-electron chi connectivity index (χ0n) is 12.2. The summed E-state index contributed by atoms with van der Waals surface area (Å²) in [5.74, 6) is 0. The summed E-state index contributed by atoms with van der Waals surface area (Å²) >= 11 is 2.38. The van der Waals surface area contributed by atoms with E-state index in [9.17, 15) is 0 Å². The first-order valence-electron chi connectivity index (χ1n) is 7.32. The van der Waals surface area contributed by atoms with E-state index in [0.29, 0.717) is 0 Å². The van der Waals surface area contributed by atoms with Crippen molar-refractivity contribution in [3.05, 3.63) is 68.8 Å². The number of nitrogens with one attached hydrogen (secondary N) is 1. The van der Waals surface area contributed by atoms with Crippen molar-refractivity contribution in [2.75, 3.05) is 6.54 Å². The van der Waals surface area contributed by atoms with E-state index in [1.165, 1.54) is 20.3 Å². The molecule has 0 saturated carbocycles. The largest absolute Gasteiger partial charge is 0.306 e. The molecule has 1 unspecified atom stereocenters. The minimum absolute atomic E-state index is 0.288. The van der Waals surface area contributed by atoms with Gasteiger partial charge in [0.1, 0.15) is 0 Å². The van der Waals surface area contributed by atoms with E-state index >= 15 is 0 Å². The van der Waals surface area contributed by atoms with Gasteiger partial charge in [0.15, 0.2) is 0 Å². The van der Waals surface area contributed by atoms with Crippen LogP contribution in [0.15, 0.2) is 48.5 Å². The quantitative estimate of drug-likeness (QED) is 0.701. The lowest BCUT2D eigenvalue weighted by molar-refractivity contribution is 0.598. The molecule has 0 amide bonds. The van der Waals surface area contributed by atoms with Crippen LogP contribution in [-0.4, -0.2) is 6.54 Å². The number of benzene rings is 2. The number of halogens is 1. The Balaban J connectivity index is 2.30. The first kappa shape index (κ1) is 15.5. The van der Waals surface area contributed by atoms with Crippen LogP contribution in [-0.2, 0) is 6.42 Å². The topological polar surface area (TPSA) is 12.0 Å². The van der Waals surface area contributed by atoms with Crippen LogP contribution in [0.3, 0.4) is 0 Å². The van der Waals surface area contributed by atoms with Gasteiger partial charge in [-0.05, 0) is 70.8 Å². The van der Waals surface area contributed by atoms with Crippen molar-refractivity contribution < 1.29 is 0 Å². The molecular formula is C18H22IN. The van der Waals surface area contributed by atoms with E-state index in [4.69, 9.17) is 0 Å². The molecule has 20 heavy (non-hydrogen) atoms. The second kappa shape index (κ2) is 7.79. The van der Waals surface area contributed by atoms with Crippen LogP contribution >= 0.6 is 22.6 Å². The Bertz CT molecular complexity index is 533. The van der Waals surface area contributed by atoms with Gasteiger partial charge in [0, 0.05) is 3.57 Å². The molecule has 2 heteroatoms. The lowest BCUT2D eigenvalue weighted by Gasteiger charge is -2.20. The zero-order chi connectivity index (χ0) is 14.4. The molecule has 106 valence electrons. The molecule has 2 aromatic carbocycles. The second-order valence-electron chi connectivity index (χ2n) is 5.04. The van der Waals surface area contributed by atoms with Gasteiger partial charge in [-0.2, -0.15) is 0 Å². The highest BCUT2D eigenvalue weighted by Crippen LogP contribution is 2.24. The third-order valence-corrected chi connectivity index (χ3v) is 4.17. The molecule has 0 heterocycles. The lowest BCUT2D eigenvalue weighted by atomic mass is 9.97. The fourth-order valence-electron chi connectivity index (χ4n) is 2.35. The molecule has 0 bridgehead atoms. The summed E-state index contributed by atoms with van der Waals surface area (Å²) in [4.78, 5) is 0. The van der Waals surface area contributed by atoms with E-state index in [0.717, 1.165) is 19.4 Å². The summed E-state index contributed by atoms with van der Waals surface area (Å²) in [5.41, 5.74) is 4.08. The summed E-state index contributed by atoms with van der Waals surface area (Å²) in [6.45, 7) is 5.44. The maximum Gasteiger partial charge on any atom is 0.0577 e. The van der Waals surface area contributed by atoms with Crippen molar-refractivity contribution in [2.45, 2.75) is 32.7 Å². The fraction of sp³-hybridized carbons (Fsp3) is 0.333. The summed E-state index contributed by atoms with van der Waals surface area (Å²) in [6.07, 6.45) is 2.24. The maximum absolute atomic E-state index is 3.66. The molecule has 2 aromatic rings. The Morgan fingerprint density at radius 3 is 2.35 bits per heavy atom. The number of hydrogen-bond donors (Lipinski definition) is 1. The molecule has 0 aliphatic carbocycles. The third-order valence-electron chi connectivity index (χ3n) is 3.50. The molecule has 1 nitrogen and oxygen atoms in total. The summed E-state index contributed by atoms with van der Waals surface area (Å²) < 4.78 is 1.29. The Kier molecular flexibility index (Phi) is 6.05. The predicted octanol–water partition coefficient (Wildman–Crippen LogP) is 4.94. The van der Waals surface area contributed by atoms with Gasteiger partial charge in [-0.25, -0.2) is 0 Å². The van der Waals surface area contributed by atoms with Crippen LogP contribution in [0.25, 0.3) is 0 Å². The van der Waals surface area contributed by atoms with Crippen LogP contribution < -0.4 is 5.32 Å². The Morgan fingerprint density at radius 2 is 1.75 bits per heavy atom. The number of rotatable bonds is 6. The Hall–Kier alpha value is -0.870. The second-order valence-corrected chi connectivity index (χ2v) is 6.28. The third kappa shape index (κ3) is 4.06. The molecule has 2 rings (SSSR count). The Morgan fingerprint density at radius 1 is 1.00 bits per heavy atom. The van der Waals surface area contributed by atoms with Crippen molar-refractivity contribution in [3.63, 3.8) is 0 Å². The smallest absolute Gasteiger partial charge is 0.0577 e. The average molecular weight is 379 g/mol. The molecule has 1 N–H and O–H groups in total. The Labute approximate surface area is 135 Å². The van der Waals surface area contributed by atoms with Crippen LogP contribution in [0.2, 0.25) is 0 Å². The molecule has 0 aliphatic heterocycles. The minimum Gasteiger partial charge on any atom is -0.306 e. The maximum atomic E-state index is 3.66. The van der Waals surface area contributed by atoms with Crippen molar-refractivity contribution in [3.8, 4) is 0 Å². The predicted molar refractivity (Wildman–Crippen MR) is 95.1 cm³/mol. The first-order valence-corrected chi connectivity index (χ1v) is 8.40. The molecule has 0 aliphatic rings. The van der Waals surface area contributed by atoms with Gasteiger partial charge in [-0.1, -0.05) is 50.2 Å². The molecule has 0 radical (unpaired) electrons. The van der Waals surface area contributed by atoms with E-state index in [1.54, 1.807) is 0 Å². The monoisotopic (exact) mass is 379 g/mol. The van der Waals surface area contributed by atoms with Gasteiger partial charge in [-0.3, -0.25) is 0 Å². The average Bonchev–Trinajstić information content (AvgIpc) is 2.48. The lowest BCUT2D eigenvalue weighted by Crippen LogP contribution is -2.23.